The topological polar surface area (TPSA) is 57.1 Å². The van der Waals surface area contributed by atoms with Crippen molar-refractivity contribution in [2.24, 2.45) is 9.98 Å². The quantitative estimate of drug-likeness (QED) is 0.127. The van der Waals surface area contributed by atoms with Gasteiger partial charge in [-0.2, -0.15) is 13.2 Å². The number of nitrogens with one attached hydrogen (secondary N) is 1. The van der Waals surface area contributed by atoms with Gasteiger partial charge < -0.3 is 14.7 Å². The van der Waals surface area contributed by atoms with Crippen LogP contribution >= 0.6 is 0 Å². The van der Waals surface area contributed by atoms with Crippen LogP contribution in [0.2, 0.25) is 0 Å². The van der Waals surface area contributed by atoms with Crippen LogP contribution in [0.1, 0.15) is 91.4 Å². The summed E-state index contributed by atoms with van der Waals surface area (Å²) in [4.78, 5) is 21.7. The van der Waals surface area contributed by atoms with Gasteiger partial charge in [0.15, 0.2) is 5.84 Å². The zero-order chi connectivity index (χ0) is 28.2. The standard InChI is InChI=1S/C29H49F3N5O/c1-6-8-15-24(14-7-2)37(5)21-12-16-26(23(37)3)35-22-25(29(30,31)32)28(33-4)34-18-13-20-36-19-11-9-10-17-27(36)38/h16,22-24,35H,4,6-15,17-21H2,1-3,5H3/q+1/b25-22+,34-28?. The highest BCUT2D eigenvalue weighted by molar-refractivity contribution is 6.02. The molecule has 1 N–H and O–H groups in total. The third-order valence-corrected chi connectivity index (χ3v) is 8.26. The summed E-state index contributed by atoms with van der Waals surface area (Å²) in [5.41, 5.74) is -0.122. The molecule has 0 saturated carbocycles. The molecule has 2 rings (SSSR count). The molecule has 9 heteroatoms. The number of rotatable bonds is 13. The molecule has 1 fully saturated rings. The summed E-state index contributed by atoms with van der Waals surface area (Å²) in [6.07, 6.45) is 8.76. The first-order valence-electron chi connectivity index (χ1n) is 14.5. The lowest BCUT2D eigenvalue weighted by Gasteiger charge is -2.49. The number of halogens is 3. The van der Waals surface area contributed by atoms with E-state index in [-0.39, 0.29) is 18.5 Å². The number of amidine groups is 1. The second kappa shape index (κ2) is 15.4. The lowest BCUT2D eigenvalue weighted by atomic mass is 9.94. The summed E-state index contributed by atoms with van der Waals surface area (Å²) < 4.78 is 43.0. The molecule has 2 heterocycles. The van der Waals surface area contributed by atoms with Gasteiger partial charge in [-0.1, -0.05) is 39.2 Å². The summed E-state index contributed by atoms with van der Waals surface area (Å²) >= 11 is 0. The molecule has 0 aromatic rings. The molecular weight excluding hydrogens is 491 g/mol. The van der Waals surface area contributed by atoms with Crippen LogP contribution in [-0.2, 0) is 4.79 Å². The molecule has 0 aromatic carbocycles. The number of aliphatic imine (C=N–C) groups is 2. The average Bonchev–Trinajstić information content (AvgIpc) is 3.08. The largest absolute Gasteiger partial charge is 0.421 e. The Balaban J connectivity index is 2.14. The molecule has 0 radical (unpaired) electrons. The number of amides is 1. The minimum Gasteiger partial charge on any atom is -0.360 e. The van der Waals surface area contributed by atoms with Crippen molar-refractivity contribution in [3.8, 4) is 0 Å². The normalized spacial score (nSPS) is 24.6. The fourth-order valence-electron chi connectivity index (χ4n) is 5.74. The third kappa shape index (κ3) is 8.95. The number of carbonyl (C=O) groups excluding carboxylic acids is 1. The highest BCUT2D eigenvalue weighted by atomic mass is 19.4. The number of nitrogens with zero attached hydrogens (tertiary/aromatic N) is 4. The molecule has 0 aromatic heterocycles. The van der Waals surface area contributed by atoms with E-state index in [1.165, 1.54) is 0 Å². The summed E-state index contributed by atoms with van der Waals surface area (Å²) in [6.45, 7) is 12.2. The zero-order valence-corrected chi connectivity index (χ0v) is 24.0. The summed E-state index contributed by atoms with van der Waals surface area (Å²) in [5.74, 6) is -0.301. The smallest absolute Gasteiger partial charge is 0.360 e. The number of alkyl halides is 3. The van der Waals surface area contributed by atoms with Crippen LogP contribution in [0.4, 0.5) is 13.2 Å². The SMILES string of the molecule is C=NC(=NCCCN1CCCCCC1=O)/C(=C\NC1=CCC[N+](C)(C(CCC)CCCC)C1C)C(F)(F)F. The molecule has 38 heavy (non-hydrogen) atoms. The van der Waals surface area contributed by atoms with Gasteiger partial charge in [-0.15, -0.1) is 0 Å². The van der Waals surface area contributed by atoms with Crippen LogP contribution in [-0.4, -0.2) is 79.3 Å². The van der Waals surface area contributed by atoms with E-state index in [9.17, 15) is 18.0 Å². The van der Waals surface area contributed by atoms with Crippen molar-refractivity contribution in [1.29, 1.82) is 0 Å². The van der Waals surface area contributed by atoms with E-state index < -0.39 is 17.6 Å². The number of quaternary nitrogens is 1. The van der Waals surface area contributed by atoms with E-state index in [2.05, 4.69) is 49.8 Å². The molecule has 0 spiro atoms. The molecule has 216 valence electrons. The molecule has 3 atom stereocenters. The van der Waals surface area contributed by atoms with E-state index in [4.69, 9.17) is 0 Å². The van der Waals surface area contributed by atoms with Crippen LogP contribution in [0.3, 0.4) is 0 Å². The average molecular weight is 541 g/mol. The van der Waals surface area contributed by atoms with Gasteiger partial charge in [0.25, 0.3) is 0 Å². The maximum atomic E-state index is 14.1. The number of likely N-dealkylation sites (tertiary alicyclic amines) is 1. The van der Waals surface area contributed by atoms with E-state index in [0.29, 0.717) is 32.0 Å². The van der Waals surface area contributed by atoms with Crippen molar-refractivity contribution in [3.63, 3.8) is 0 Å². The lowest BCUT2D eigenvalue weighted by Crippen LogP contribution is -2.61. The number of unbranched alkanes of at least 4 members (excludes halogenated alkanes) is 1. The Morgan fingerprint density at radius 2 is 2.00 bits per heavy atom. The fraction of sp³-hybridized carbons (Fsp3) is 0.759. The van der Waals surface area contributed by atoms with E-state index in [0.717, 1.165) is 80.7 Å². The summed E-state index contributed by atoms with van der Waals surface area (Å²) in [6, 6.07) is 0.528. The third-order valence-electron chi connectivity index (χ3n) is 8.26. The Hall–Kier alpha value is -2.16. The Kier molecular flexibility index (Phi) is 13.0. The molecule has 0 bridgehead atoms. The van der Waals surface area contributed by atoms with Gasteiger partial charge in [-0.05, 0) is 52.2 Å². The number of carbonyl (C=O) groups is 1. The van der Waals surface area contributed by atoms with Crippen molar-refractivity contribution in [3.05, 3.63) is 23.5 Å². The predicted molar refractivity (Wildman–Crippen MR) is 150 cm³/mol. The minimum absolute atomic E-state index is 0.0473. The molecule has 2 aliphatic rings. The van der Waals surface area contributed by atoms with Crippen LogP contribution in [0.5, 0.6) is 0 Å². The monoisotopic (exact) mass is 540 g/mol. The molecular formula is C29H49F3N5O+. The van der Waals surface area contributed by atoms with Gasteiger partial charge >= 0.3 is 6.18 Å². The number of hydrogen-bond donors (Lipinski definition) is 1. The van der Waals surface area contributed by atoms with Crippen molar-refractivity contribution in [2.75, 3.05) is 33.2 Å². The first-order chi connectivity index (χ1) is 18.1. The van der Waals surface area contributed by atoms with Crippen molar-refractivity contribution in [1.82, 2.24) is 10.2 Å². The molecule has 1 amide bonds. The van der Waals surface area contributed by atoms with Gasteiger partial charge in [0.2, 0.25) is 5.91 Å². The highest BCUT2D eigenvalue weighted by Crippen LogP contribution is 2.32. The molecule has 3 unspecified atom stereocenters. The van der Waals surface area contributed by atoms with Crippen LogP contribution in [0, 0.1) is 0 Å². The maximum absolute atomic E-state index is 14.1. The van der Waals surface area contributed by atoms with Crippen LogP contribution < -0.4 is 5.32 Å². The van der Waals surface area contributed by atoms with Crippen molar-refractivity contribution in [2.45, 2.75) is 110 Å². The first-order valence-corrected chi connectivity index (χ1v) is 14.5. The van der Waals surface area contributed by atoms with Crippen molar-refractivity contribution >= 4 is 18.5 Å². The minimum atomic E-state index is -4.63. The van der Waals surface area contributed by atoms with Crippen LogP contribution in [0.15, 0.2) is 33.5 Å². The van der Waals surface area contributed by atoms with Gasteiger partial charge in [-0.25, -0.2) is 4.99 Å². The van der Waals surface area contributed by atoms with Gasteiger partial charge in [-0.3, -0.25) is 9.79 Å². The van der Waals surface area contributed by atoms with Gasteiger partial charge in [0.05, 0.1) is 25.3 Å². The van der Waals surface area contributed by atoms with Crippen molar-refractivity contribution < 1.29 is 22.4 Å². The maximum Gasteiger partial charge on any atom is 0.421 e. The highest BCUT2D eigenvalue weighted by Gasteiger charge is 2.41. The second-order valence-corrected chi connectivity index (χ2v) is 10.9. The molecule has 6 nitrogen and oxygen atoms in total. The fourth-order valence-corrected chi connectivity index (χ4v) is 5.74. The zero-order valence-electron chi connectivity index (χ0n) is 24.0. The predicted octanol–water partition coefficient (Wildman–Crippen LogP) is 6.40. The van der Waals surface area contributed by atoms with Crippen LogP contribution in [0.25, 0.3) is 0 Å². The molecule has 0 aliphatic carbocycles. The first kappa shape index (κ1) is 32.1. The summed E-state index contributed by atoms with van der Waals surface area (Å²) in [5, 5.41) is 3.00. The molecule has 1 saturated heterocycles. The number of likely N-dealkylation sites (N-methyl/N-ethyl adjacent to an activating group) is 1. The van der Waals surface area contributed by atoms with E-state index in [1.807, 2.05) is 6.08 Å². The summed E-state index contributed by atoms with van der Waals surface area (Å²) in [7, 11) is 2.25. The Bertz CT molecular complexity index is 867. The Morgan fingerprint density at radius 1 is 1.24 bits per heavy atom. The number of hydrogen-bond acceptors (Lipinski definition) is 3. The second-order valence-electron chi connectivity index (χ2n) is 10.9. The lowest BCUT2D eigenvalue weighted by molar-refractivity contribution is -0.952. The Labute approximate surface area is 227 Å². The van der Waals surface area contributed by atoms with E-state index in [1.54, 1.807) is 4.90 Å². The molecule has 2 aliphatic heterocycles. The Morgan fingerprint density at radius 3 is 2.66 bits per heavy atom. The van der Waals surface area contributed by atoms with Gasteiger partial charge in [0, 0.05) is 38.7 Å². The van der Waals surface area contributed by atoms with Gasteiger partial charge in [0.1, 0.15) is 11.6 Å². The van der Waals surface area contributed by atoms with E-state index >= 15 is 0 Å².